The minimum Gasteiger partial charge on any atom is -0.494 e. The number of rotatable bonds is 9. The summed E-state index contributed by atoms with van der Waals surface area (Å²) in [7, 11) is -3.67. The van der Waals surface area contributed by atoms with Crippen molar-refractivity contribution < 1.29 is 17.9 Å². The van der Waals surface area contributed by atoms with Crippen molar-refractivity contribution in [1.29, 1.82) is 0 Å². The zero-order valence-corrected chi connectivity index (χ0v) is 18.5. The van der Waals surface area contributed by atoms with Crippen molar-refractivity contribution in [1.82, 2.24) is 5.32 Å². The fourth-order valence-electron chi connectivity index (χ4n) is 3.25. The minimum absolute atomic E-state index is 0.356. The number of carbonyl (C=O) groups is 1. The third-order valence-electron chi connectivity index (χ3n) is 4.44. The van der Waals surface area contributed by atoms with E-state index in [1.54, 1.807) is 31.2 Å². The van der Waals surface area contributed by atoms with Crippen molar-refractivity contribution in [2.75, 3.05) is 17.2 Å². The Hall–Kier alpha value is -2.54. The van der Waals surface area contributed by atoms with E-state index in [4.69, 9.17) is 4.74 Å². The molecule has 0 heterocycles. The van der Waals surface area contributed by atoms with Gasteiger partial charge in [-0.15, -0.1) is 0 Å². The van der Waals surface area contributed by atoms with Gasteiger partial charge < -0.3 is 10.1 Å². The first kappa shape index (κ1) is 22.7. The van der Waals surface area contributed by atoms with Gasteiger partial charge in [-0.1, -0.05) is 30.3 Å². The third-order valence-corrected chi connectivity index (χ3v) is 5.68. The predicted octanol–water partition coefficient (Wildman–Crippen LogP) is 3.38. The van der Waals surface area contributed by atoms with Crippen molar-refractivity contribution >= 4 is 21.6 Å². The minimum atomic E-state index is -3.67. The van der Waals surface area contributed by atoms with Crippen LogP contribution in [-0.2, 0) is 21.2 Å². The highest BCUT2D eigenvalue weighted by molar-refractivity contribution is 7.92. The van der Waals surface area contributed by atoms with E-state index in [1.165, 1.54) is 0 Å². The Morgan fingerprint density at radius 3 is 2.21 bits per heavy atom. The van der Waals surface area contributed by atoms with Gasteiger partial charge in [0.1, 0.15) is 11.8 Å². The molecule has 158 valence electrons. The smallest absolute Gasteiger partial charge is 0.244 e. The molecule has 0 saturated heterocycles. The average Bonchev–Trinajstić information content (AvgIpc) is 2.62. The van der Waals surface area contributed by atoms with Gasteiger partial charge in [-0.05, 0) is 63.9 Å². The molecule has 0 bridgehead atoms. The standard InChI is InChI=1S/C22H30N2O4S/c1-6-28-20-14-12-19(13-15-20)24(29(5,26)27)17(2)21(25)23-22(3,4)16-18-10-8-7-9-11-18/h7-15,17H,6,16H2,1-5H3,(H,23,25)/t17-/m0/s1. The van der Waals surface area contributed by atoms with E-state index in [1.807, 2.05) is 51.1 Å². The molecular weight excluding hydrogens is 388 g/mol. The monoisotopic (exact) mass is 418 g/mol. The SMILES string of the molecule is CCOc1ccc(N([C@@H](C)C(=O)NC(C)(C)Cc2ccccc2)S(C)(=O)=O)cc1. The Morgan fingerprint density at radius 1 is 1.10 bits per heavy atom. The molecule has 6 nitrogen and oxygen atoms in total. The van der Waals surface area contributed by atoms with Crippen LogP contribution >= 0.6 is 0 Å². The topological polar surface area (TPSA) is 75.7 Å². The first-order chi connectivity index (χ1) is 13.5. The number of amides is 1. The highest BCUT2D eigenvalue weighted by atomic mass is 32.2. The van der Waals surface area contributed by atoms with E-state index in [-0.39, 0.29) is 5.91 Å². The molecule has 1 atom stereocenters. The van der Waals surface area contributed by atoms with Crippen LogP contribution in [0.3, 0.4) is 0 Å². The fraction of sp³-hybridized carbons (Fsp3) is 0.409. The van der Waals surface area contributed by atoms with Crippen LogP contribution in [0.2, 0.25) is 0 Å². The Balaban J connectivity index is 2.20. The molecule has 1 amide bonds. The van der Waals surface area contributed by atoms with Crippen LogP contribution in [0.5, 0.6) is 5.75 Å². The molecular formula is C22H30N2O4S. The van der Waals surface area contributed by atoms with Crippen LogP contribution in [0, 0.1) is 0 Å². The first-order valence-electron chi connectivity index (χ1n) is 9.62. The van der Waals surface area contributed by atoms with Crippen LogP contribution in [0.4, 0.5) is 5.69 Å². The van der Waals surface area contributed by atoms with Gasteiger partial charge >= 0.3 is 0 Å². The van der Waals surface area contributed by atoms with E-state index < -0.39 is 21.6 Å². The molecule has 0 fully saturated rings. The Bertz CT molecular complexity index is 910. The molecule has 0 aliphatic heterocycles. The average molecular weight is 419 g/mol. The highest BCUT2D eigenvalue weighted by Gasteiger charge is 2.32. The molecule has 1 N–H and O–H groups in total. The lowest BCUT2D eigenvalue weighted by molar-refractivity contribution is -0.123. The van der Waals surface area contributed by atoms with Gasteiger partial charge in [0, 0.05) is 5.54 Å². The third kappa shape index (κ3) is 6.49. The second kappa shape index (κ2) is 9.31. The van der Waals surface area contributed by atoms with Gasteiger partial charge in [0.15, 0.2) is 0 Å². The zero-order chi connectivity index (χ0) is 21.7. The van der Waals surface area contributed by atoms with Gasteiger partial charge in [-0.2, -0.15) is 0 Å². The van der Waals surface area contributed by atoms with E-state index in [0.717, 1.165) is 16.1 Å². The van der Waals surface area contributed by atoms with Gasteiger partial charge in [0.05, 0.1) is 18.6 Å². The van der Waals surface area contributed by atoms with Crippen LogP contribution in [-0.4, -0.2) is 38.8 Å². The van der Waals surface area contributed by atoms with E-state index in [0.29, 0.717) is 24.5 Å². The summed E-state index contributed by atoms with van der Waals surface area (Å²) in [6, 6.07) is 15.6. The summed E-state index contributed by atoms with van der Waals surface area (Å²) in [5, 5.41) is 2.99. The lowest BCUT2D eigenvalue weighted by atomic mass is 9.94. The molecule has 0 aromatic heterocycles. The molecule has 0 saturated carbocycles. The van der Waals surface area contributed by atoms with Crippen molar-refractivity contribution in [2.45, 2.75) is 45.7 Å². The van der Waals surface area contributed by atoms with Crippen LogP contribution < -0.4 is 14.4 Å². The molecule has 0 unspecified atom stereocenters. The maximum Gasteiger partial charge on any atom is 0.244 e. The summed E-state index contributed by atoms with van der Waals surface area (Å²) in [6.07, 6.45) is 1.73. The van der Waals surface area contributed by atoms with Crippen molar-refractivity contribution in [3.8, 4) is 5.75 Å². The molecule has 2 aromatic carbocycles. The summed E-state index contributed by atoms with van der Waals surface area (Å²) in [4.78, 5) is 12.9. The summed E-state index contributed by atoms with van der Waals surface area (Å²) >= 11 is 0. The largest absolute Gasteiger partial charge is 0.494 e. The quantitative estimate of drug-likeness (QED) is 0.677. The first-order valence-corrected chi connectivity index (χ1v) is 11.5. The van der Waals surface area contributed by atoms with Crippen molar-refractivity contribution in [3.63, 3.8) is 0 Å². The number of sulfonamides is 1. The number of ether oxygens (including phenoxy) is 1. The van der Waals surface area contributed by atoms with E-state index in [9.17, 15) is 13.2 Å². The molecule has 7 heteroatoms. The maximum absolute atomic E-state index is 12.9. The Kier molecular flexibility index (Phi) is 7.30. The summed E-state index contributed by atoms with van der Waals surface area (Å²) in [6.45, 7) is 7.83. The normalized spacial score (nSPS) is 12.9. The van der Waals surface area contributed by atoms with Crippen LogP contribution in [0.15, 0.2) is 54.6 Å². The van der Waals surface area contributed by atoms with Gasteiger partial charge in [-0.25, -0.2) is 8.42 Å². The molecule has 2 aromatic rings. The lowest BCUT2D eigenvalue weighted by Gasteiger charge is -2.33. The van der Waals surface area contributed by atoms with Gasteiger partial charge in [0.25, 0.3) is 0 Å². The predicted molar refractivity (Wildman–Crippen MR) is 117 cm³/mol. The molecule has 0 aliphatic carbocycles. The van der Waals surface area contributed by atoms with Gasteiger partial charge in [0.2, 0.25) is 15.9 Å². The maximum atomic E-state index is 12.9. The van der Waals surface area contributed by atoms with Crippen molar-refractivity contribution in [3.05, 3.63) is 60.2 Å². The number of nitrogens with zero attached hydrogens (tertiary/aromatic N) is 1. The molecule has 0 radical (unpaired) electrons. The lowest BCUT2D eigenvalue weighted by Crippen LogP contribution is -2.54. The molecule has 0 aliphatic rings. The van der Waals surface area contributed by atoms with E-state index >= 15 is 0 Å². The molecule has 0 spiro atoms. The van der Waals surface area contributed by atoms with Crippen LogP contribution in [0.1, 0.15) is 33.3 Å². The number of hydrogen-bond acceptors (Lipinski definition) is 4. The Morgan fingerprint density at radius 2 is 1.69 bits per heavy atom. The number of nitrogens with one attached hydrogen (secondary N) is 1. The number of carbonyl (C=O) groups excluding carboxylic acids is 1. The fourth-order valence-corrected chi connectivity index (χ4v) is 4.43. The van der Waals surface area contributed by atoms with E-state index in [2.05, 4.69) is 5.32 Å². The van der Waals surface area contributed by atoms with Gasteiger partial charge in [-0.3, -0.25) is 9.10 Å². The molecule has 29 heavy (non-hydrogen) atoms. The Labute approximate surface area is 173 Å². The number of anilines is 1. The zero-order valence-electron chi connectivity index (χ0n) is 17.7. The number of hydrogen-bond donors (Lipinski definition) is 1. The summed E-state index contributed by atoms with van der Waals surface area (Å²) in [5.41, 5.74) is 0.978. The van der Waals surface area contributed by atoms with Crippen molar-refractivity contribution in [2.24, 2.45) is 0 Å². The van der Waals surface area contributed by atoms with Crippen LogP contribution in [0.25, 0.3) is 0 Å². The highest BCUT2D eigenvalue weighted by Crippen LogP contribution is 2.24. The second-order valence-electron chi connectivity index (χ2n) is 7.70. The summed E-state index contributed by atoms with van der Waals surface area (Å²) in [5.74, 6) is 0.288. The number of benzene rings is 2. The molecule has 2 rings (SSSR count). The second-order valence-corrected chi connectivity index (χ2v) is 9.56. The summed E-state index contributed by atoms with van der Waals surface area (Å²) < 4.78 is 31.5.